The van der Waals surface area contributed by atoms with Gasteiger partial charge in [-0.3, -0.25) is 5.32 Å². The fourth-order valence-corrected chi connectivity index (χ4v) is 2.74. The van der Waals surface area contributed by atoms with Gasteiger partial charge < -0.3 is 20.3 Å². The molecule has 118 valence electrons. The minimum absolute atomic E-state index is 0.0763. The highest BCUT2D eigenvalue weighted by Gasteiger charge is 2.26. The van der Waals surface area contributed by atoms with Crippen molar-refractivity contribution in [2.45, 2.75) is 12.8 Å². The number of rotatable bonds is 5. The van der Waals surface area contributed by atoms with Crippen LogP contribution in [0.3, 0.4) is 0 Å². The monoisotopic (exact) mass is 302 g/mol. The van der Waals surface area contributed by atoms with Crippen molar-refractivity contribution >= 4 is 11.4 Å². The molecule has 0 bridgehead atoms. The maximum Gasteiger partial charge on any atom is 0.155 e. The van der Waals surface area contributed by atoms with E-state index in [0.29, 0.717) is 0 Å². The minimum atomic E-state index is 0.0763. The van der Waals surface area contributed by atoms with Crippen molar-refractivity contribution < 1.29 is 4.74 Å². The average Bonchev–Trinajstić information content (AvgIpc) is 3.11. The van der Waals surface area contributed by atoms with E-state index in [1.165, 1.54) is 0 Å². The Labute approximate surface area is 130 Å². The minimum Gasteiger partial charge on any atom is -0.494 e. The standard InChI is InChI=1S/C15H22N6O/c1-16-7-10-8-18-21(9-10)13-5-11-12(6-14(13)22-4)20(3)15(17-2)19-11/h5-6,8-9,15-17,19H,7H2,1-4H3. The second-order valence-corrected chi connectivity index (χ2v) is 5.31. The van der Waals surface area contributed by atoms with Crippen LogP contribution in [0.1, 0.15) is 5.56 Å². The van der Waals surface area contributed by atoms with Crippen LogP contribution in [0.4, 0.5) is 11.4 Å². The lowest BCUT2D eigenvalue weighted by atomic mass is 10.2. The molecular weight excluding hydrogens is 280 g/mol. The first-order valence-electron chi connectivity index (χ1n) is 7.25. The Balaban J connectivity index is 2.01. The van der Waals surface area contributed by atoms with E-state index >= 15 is 0 Å². The van der Waals surface area contributed by atoms with Crippen molar-refractivity contribution in [3.63, 3.8) is 0 Å². The second-order valence-electron chi connectivity index (χ2n) is 5.31. The zero-order valence-electron chi connectivity index (χ0n) is 13.3. The molecule has 1 aromatic heterocycles. The molecule has 1 unspecified atom stereocenters. The number of hydrogen-bond donors (Lipinski definition) is 3. The van der Waals surface area contributed by atoms with Crippen LogP contribution in [0.5, 0.6) is 5.75 Å². The predicted molar refractivity (Wildman–Crippen MR) is 87.8 cm³/mol. The summed E-state index contributed by atoms with van der Waals surface area (Å²) < 4.78 is 7.41. The number of hydrogen-bond acceptors (Lipinski definition) is 6. The van der Waals surface area contributed by atoms with Gasteiger partial charge in [0.05, 0.1) is 24.7 Å². The van der Waals surface area contributed by atoms with Gasteiger partial charge in [-0.2, -0.15) is 5.10 Å². The van der Waals surface area contributed by atoms with Crippen molar-refractivity contribution in [2.24, 2.45) is 0 Å². The zero-order chi connectivity index (χ0) is 15.7. The maximum absolute atomic E-state index is 5.56. The van der Waals surface area contributed by atoms with E-state index in [1.54, 1.807) is 7.11 Å². The SMILES string of the molecule is CNCc1cnn(-c2cc3c(cc2OC)N(C)C(NC)N3)c1. The lowest BCUT2D eigenvalue weighted by Gasteiger charge is -2.21. The highest BCUT2D eigenvalue weighted by Crippen LogP contribution is 2.39. The summed E-state index contributed by atoms with van der Waals surface area (Å²) in [6, 6.07) is 4.10. The first kappa shape index (κ1) is 14.7. The molecule has 0 saturated heterocycles. The van der Waals surface area contributed by atoms with Crippen molar-refractivity contribution in [3.8, 4) is 11.4 Å². The lowest BCUT2D eigenvalue weighted by molar-refractivity contribution is 0.412. The van der Waals surface area contributed by atoms with E-state index in [2.05, 4.69) is 32.0 Å². The van der Waals surface area contributed by atoms with E-state index in [0.717, 1.165) is 34.9 Å². The zero-order valence-corrected chi connectivity index (χ0v) is 13.3. The molecule has 3 rings (SSSR count). The van der Waals surface area contributed by atoms with Crippen molar-refractivity contribution in [1.29, 1.82) is 0 Å². The van der Waals surface area contributed by atoms with Crippen molar-refractivity contribution in [1.82, 2.24) is 20.4 Å². The van der Waals surface area contributed by atoms with E-state index in [1.807, 2.05) is 44.3 Å². The second kappa shape index (κ2) is 5.86. The molecule has 1 aromatic carbocycles. The summed E-state index contributed by atoms with van der Waals surface area (Å²) in [4.78, 5) is 2.14. The number of ether oxygens (including phenoxy) is 1. The molecule has 0 spiro atoms. The molecule has 3 N–H and O–H groups in total. The van der Waals surface area contributed by atoms with E-state index < -0.39 is 0 Å². The van der Waals surface area contributed by atoms with Gasteiger partial charge in [0.2, 0.25) is 0 Å². The molecule has 1 aliphatic rings. The van der Waals surface area contributed by atoms with Crippen LogP contribution in [-0.2, 0) is 6.54 Å². The van der Waals surface area contributed by atoms with Crippen LogP contribution in [0, 0.1) is 0 Å². The fourth-order valence-electron chi connectivity index (χ4n) is 2.74. The van der Waals surface area contributed by atoms with Crippen molar-refractivity contribution in [3.05, 3.63) is 30.1 Å². The molecule has 1 aliphatic heterocycles. The van der Waals surface area contributed by atoms with Crippen LogP contribution in [0.25, 0.3) is 5.69 Å². The van der Waals surface area contributed by atoms with E-state index in [4.69, 9.17) is 4.74 Å². The Bertz CT molecular complexity index is 668. The third-order valence-corrected chi connectivity index (χ3v) is 3.89. The highest BCUT2D eigenvalue weighted by molar-refractivity contribution is 5.80. The van der Waals surface area contributed by atoms with Gasteiger partial charge in [0, 0.05) is 31.4 Å². The maximum atomic E-state index is 5.56. The van der Waals surface area contributed by atoms with Crippen LogP contribution >= 0.6 is 0 Å². The van der Waals surface area contributed by atoms with Gasteiger partial charge in [0.1, 0.15) is 11.4 Å². The summed E-state index contributed by atoms with van der Waals surface area (Å²) in [5.74, 6) is 0.795. The number of methoxy groups -OCH3 is 1. The number of fused-ring (bicyclic) bond motifs is 1. The summed E-state index contributed by atoms with van der Waals surface area (Å²) >= 11 is 0. The van der Waals surface area contributed by atoms with Crippen LogP contribution in [0.15, 0.2) is 24.5 Å². The Kier molecular flexibility index (Phi) is 3.91. The Morgan fingerprint density at radius 1 is 1.32 bits per heavy atom. The first-order valence-corrected chi connectivity index (χ1v) is 7.25. The molecular formula is C15H22N6O. The molecule has 2 heterocycles. The quantitative estimate of drug-likeness (QED) is 0.765. The Morgan fingerprint density at radius 2 is 2.14 bits per heavy atom. The van der Waals surface area contributed by atoms with E-state index in [9.17, 15) is 0 Å². The van der Waals surface area contributed by atoms with Gasteiger partial charge in [0.15, 0.2) is 6.29 Å². The van der Waals surface area contributed by atoms with Gasteiger partial charge >= 0.3 is 0 Å². The summed E-state index contributed by atoms with van der Waals surface area (Å²) in [5, 5.41) is 14.2. The number of nitrogens with zero attached hydrogens (tertiary/aromatic N) is 3. The Morgan fingerprint density at radius 3 is 2.82 bits per heavy atom. The predicted octanol–water partition coefficient (Wildman–Crippen LogP) is 0.965. The summed E-state index contributed by atoms with van der Waals surface area (Å²) in [5.41, 5.74) is 4.20. The first-order chi connectivity index (χ1) is 10.7. The van der Waals surface area contributed by atoms with Gasteiger partial charge in [0.25, 0.3) is 0 Å². The van der Waals surface area contributed by atoms with Gasteiger partial charge in [-0.1, -0.05) is 0 Å². The molecule has 7 heteroatoms. The number of aromatic nitrogens is 2. The number of nitrogens with one attached hydrogen (secondary N) is 3. The topological polar surface area (TPSA) is 66.4 Å². The normalized spacial score (nSPS) is 16.5. The molecule has 0 amide bonds. The van der Waals surface area contributed by atoms with Crippen LogP contribution in [0.2, 0.25) is 0 Å². The molecule has 22 heavy (non-hydrogen) atoms. The average molecular weight is 302 g/mol. The van der Waals surface area contributed by atoms with Crippen LogP contribution in [-0.4, -0.2) is 44.3 Å². The summed E-state index contributed by atoms with van der Waals surface area (Å²) in [6.45, 7) is 0.788. The molecule has 2 aromatic rings. The fraction of sp³-hybridized carbons (Fsp3) is 0.400. The molecule has 0 radical (unpaired) electrons. The number of anilines is 2. The number of benzene rings is 1. The summed E-state index contributed by atoms with van der Waals surface area (Å²) in [7, 11) is 7.57. The van der Waals surface area contributed by atoms with E-state index in [-0.39, 0.29) is 6.29 Å². The molecule has 0 fully saturated rings. The highest BCUT2D eigenvalue weighted by atomic mass is 16.5. The Hall–Kier alpha value is -2.25. The largest absolute Gasteiger partial charge is 0.494 e. The third kappa shape index (κ3) is 2.38. The van der Waals surface area contributed by atoms with Crippen LogP contribution < -0.4 is 25.6 Å². The lowest BCUT2D eigenvalue weighted by Crippen LogP contribution is -2.43. The van der Waals surface area contributed by atoms with Crippen molar-refractivity contribution in [2.75, 3.05) is 38.5 Å². The van der Waals surface area contributed by atoms with Gasteiger partial charge in [-0.25, -0.2) is 4.68 Å². The summed E-state index contributed by atoms with van der Waals surface area (Å²) in [6.07, 6.45) is 3.95. The molecule has 0 aliphatic carbocycles. The smallest absolute Gasteiger partial charge is 0.155 e. The third-order valence-electron chi connectivity index (χ3n) is 3.89. The molecule has 7 nitrogen and oxygen atoms in total. The molecule has 0 saturated carbocycles. The molecule has 1 atom stereocenters. The van der Waals surface area contributed by atoms with Gasteiger partial charge in [-0.15, -0.1) is 0 Å². The van der Waals surface area contributed by atoms with Gasteiger partial charge in [-0.05, 0) is 20.2 Å².